The van der Waals surface area contributed by atoms with Gasteiger partial charge in [0.25, 0.3) is 5.91 Å². The molecular weight excluding hydrogens is 500 g/mol. The molecule has 0 bridgehead atoms. The van der Waals surface area contributed by atoms with Crippen LogP contribution < -0.4 is 28.9 Å². The van der Waals surface area contributed by atoms with Crippen LogP contribution in [0.3, 0.4) is 0 Å². The summed E-state index contributed by atoms with van der Waals surface area (Å²) in [4.78, 5) is 35.1. The van der Waals surface area contributed by atoms with Gasteiger partial charge in [-0.2, -0.15) is 0 Å². The van der Waals surface area contributed by atoms with Gasteiger partial charge in [-0.3, -0.25) is 14.4 Å². The molecule has 0 N–H and O–H groups in total. The Bertz CT molecular complexity index is 1330. The number of fused-ring (bicyclic) bond motifs is 1. The first-order valence-corrected chi connectivity index (χ1v) is 12.9. The number of amides is 2. The van der Waals surface area contributed by atoms with Crippen molar-refractivity contribution in [1.82, 2.24) is 0 Å². The van der Waals surface area contributed by atoms with Gasteiger partial charge in [0, 0.05) is 11.6 Å². The number of hydroxylamine groups is 1. The zero-order valence-electron chi connectivity index (χ0n) is 22.5. The van der Waals surface area contributed by atoms with Crippen molar-refractivity contribution in [2.45, 2.75) is 31.9 Å². The van der Waals surface area contributed by atoms with Crippen LogP contribution in [0.25, 0.3) is 0 Å². The Morgan fingerprint density at radius 3 is 2.10 bits per heavy atom. The maximum absolute atomic E-state index is 14.0. The second-order valence-electron chi connectivity index (χ2n) is 9.31. The second-order valence-corrected chi connectivity index (χ2v) is 9.31. The van der Waals surface area contributed by atoms with Crippen molar-refractivity contribution in [3.8, 4) is 23.0 Å². The number of methoxy groups -OCH3 is 3. The van der Waals surface area contributed by atoms with E-state index in [0.717, 1.165) is 12.8 Å². The predicted molar refractivity (Wildman–Crippen MR) is 145 cm³/mol. The lowest BCUT2D eigenvalue weighted by atomic mass is 9.89. The molecule has 5 rings (SSSR count). The lowest BCUT2D eigenvalue weighted by Crippen LogP contribution is -2.37. The molecule has 2 heterocycles. The number of hydrogen-bond donors (Lipinski definition) is 0. The Hall–Kier alpha value is -4.24. The molecule has 0 spiro atoms. The van der Waals surface area contributed by atoms with Gasteiger partial charge in [0.15, 0.2) is 17.6 Å². The number of ether oxygens (including phenoxy) is 4. The van der Waals surface area contributed by atoms with Crippen molar-refractivity contribution in [3.63, 3.8) is 0 Å². The van der Waals surface area contributed by atoms with Crippen LogP contribution in [-0.4, -0.2) is 45.9 Å². The Labute approximate surface area is 227 Å². The average molecular weight is 533 g/mol. The van der Waals surface area contributed by atoms with Crippen molar-refractivity contribution >= 4 is 23.2 Å². The van der Waals surface area contributed by atoms with Crippen molar-refractivity contribution in [2.24, 2.45) is 5.92 Å². The van der Waals surface area contributed by atoms with E-state index in [1.54, 1.807) is 62.8 Å². The molecule has 9 nitrogen and oxygen atoms in total. The minimum Gasteiger partial charge on any atom is -0.496 e. The first kappa shape index (κ1) is 26.4. The molecule has 3 aromatic carbocycles. The molecule has 2 amide bonds. The van der Waals surface area contributed by atoms with Crippen LogP contribution in [0, 0.1) is 5.92 Å². The number of carbonyl (C=O) groups is 2. The summed E-state index contributed by atoms with van der Waals surface area (Å²) in [5.74, 6) is 0.511. The highest BCUT2D eigenvalue weighted by molar-refractivity contribution is 6.24. The van der Waals surface area contributed by atoms with Crippen molar-refractivity contribution in [3.05, 3.63) is 72.3 Å². The van der Waals surface area contributed by atoms with Crippen LogP contribution in [0.5, 0.6) is 23.0 Å². The van der Waals surface area contributed by atoms with Crippen LogP contribution in [0.15, 0.2) is 66.7 Å². The molecular formula is C30H32N2O7. The molecule has 2 aliphatic rings. The summed E-state index contributed by atoms with van der Waals surface area (Å²) in [6.07, 6.45) is 0.967. The van der Waals surface area contributed by atoms with Crippen LogP contribution in [-0.2, 0) is 14.4 Å². The van der Waals surface area contributed by atoms with Gasteiger partial charge in [-0.25, -0.2) is 9.96 Å². The molecule has 204 valence electrons. The van der Waals surface area contributed by atoms with E-state index in [9.17, 15) is 9.59 Å². The molecule has 0 aliphatic carbocycles. The van der Waals surface area contributed by atoms with E-state index in [2.05, 4.69) is 6.92 Å². The summed E-state index contributed by atoms with van der Waals surface area (Å²) >= 11 is 0. The molecule has 0 saturated carbocycles. The van der Waals surface area contributed by atoms with Gasteiger partial charge < -0.3 is 18.9 Å². The number of carbonyl (C=O) groups excluding carboxylic acids is 2. The Balaban J connectivity index is 1.54. The quantitative estimate of drug-likeness (QED) is 0.268. The third kappa shape index (κ3) is 4.74. The minimum absolute atomic E-state index is 0.357. The normalized spacial score (nSPS) is 20.3. The summed E-state index contributed by atoms with van der Waals surface area (Å²) in [5.41, 5.74) is 1.80. The number of benzene rings is 3. The van der Waals surface area contributed by atoms with Crippen molar-refractivity contribution in [1.29, 1.82) is 0 Å². The third-order valence-corrected chi connectivity index (χ3v) is 7.04. The van der Waals surface area contributed by atoms with Gasteiger partial charge in [0.2, 0.25) is 5.91 Å². The fourth-order valence-electron chi connectivity index (χ4n) is 5.09. The Morgan fingerprint density at radius 1 is 0.795 bits per heavy atom. The molecule has 9 heteroatoms. The smallest absolute Gasteiger partial charge is 0.266 e. The highest BCUT2D eigenvalue weighted by Gasteiger charge is 2.61. The Morgan fingerprint density at radius 2 is 1.46 bits per heavy atom. The highest BCUT2D eigenvalue weighted by Crippen LogP contribution is 2.51. The zero-order valence-corrected chi connectivity index (χ0v) is 22.5. The van der Waals surface area contributed by atoms with Crippen LogP contribution >= 0.6 is 0 Å². The van der Waals surface area contributed by atoms with E-state index >= 15 is 0 Å². The maximum Gasteiger partial charge on any atom is 0.266 e. The lowest BCUT2D eigenvalue weighted by Gasteiger charge is -2.30. The summed E-state index contributed by atoms with van der Waals surface area (Å²) in [6.45, 7) is 2.71. The number of anilines is 2. The van der Waals surface area contributed by atoms with E-state index in [-0.39, 0.29) is 5.91 Å². The number of unbranched alkanes of at least 4 members (excludes halogenated alkanes) is 1. The number of imide groups is 1. The highest BCUT2D eigenvalue weighted by atomic mass is 16.7. The molecule has 2 aliphatic heterocycles. The first-order chi connectivity index (χ1) is 19.0. The average Bonchev–Trinajstić information content (AvgIpc) is 3.48. The number of para-hydroxylation sites is 1. The van der Waals surface area contributed by atoms with Crippen LogP contribution in [0.2, 0.25) is 0 Å². The maximum atomic E-state index is 14.0. The van der Waals surface area contributed by atoms with Gasteiger partial charge in [-0.15, -0.1) is 0 Å². The molecule has 2 fully saturated rings. The Kier molecular flexibility index (Phi) is 7.60. The van der Waals surface area contributed by atoms with E-state index < -0.39 is 24.0 Å². The van der Waals surface area contributed by atoms with Gasteiger partial charge >= 0.3 is 0 Å². The molecule has 39 heavy (non-hydrogen) atoms. The predicted octanol–water partition coefficient (Wildman–Crippen LogP) is 4.94. The molecule has 0 radical (unpaired) electrons. The first-order valence-electron chi connectivity index (χ1n) is 12.9. The third-order valence-electron chi connectivity index (χ3n) is 7.04. The second kappa shape index (κ2) is 11.2. The monoisotopic (exact) mass is 532 g/mol. The van der Waals surface area contributed by atoms with E-state index in [1.807, 2.05) is 30.3 Å². The number of rotatable bonds is 10. The van der Waals surface area contributed by atoms with E-state index in [0.29, 0.717) is 46.5 Å². The minimum atomic E-state index is -1.01. The van der Waals surface area contributed by atoms with E-state index in [1.165, 1.54) is 4.90 Å². The molecule has 2 saturated heterocycles. The van der Waals surface area contributed by atoms with Gasteiger partial charge in [0.05, 0.1) is 39.3 Å². The lowest BCUT2D eigenvalue weighted by molar-refractivity contribution is -0.126. The van der Waals surface area contributed by atoms with Gasteiger partial charge in [-0.1, -0.05) is 31.5 Å². The molecule has 0 aromatic heterocycles. The zero-order chi connectivity index (χ0) is 27.5. The fourth-order valence-corrected chi connectivity index (χ4v) is 5.09. The van der Waals surface area contributed by atoms with Crippen molar-refractivity contribution in [2.75, 3.05) is 37.9 Å². The van der Waals surface area contributed by atoms with Crippen LogP contribution in [0.1, 0.15) is 31.4 Å². The number of nitrogens with zero attached hydrogens (tertiary/aromatic N) is 2. The summed E-state index contributed by atoms with van der Waals surface area (Å²) in [7, 11) is 4.63. The molecule has 3 aromatic rings. The standard InChI is InChI=1S/C30H32N2O7/c1-5-6-16-38-21-14-12-19(13-15-21)31-29(33)26-27(22-17-24(36-3)25(37-4)18-23(22)35-2)32(39-28(26)30(31)34)20-10-8-7-9-11-20/h7-15,17-18,26-28H,5-6,16H2,1-4H3/t26-,27+,28-/m0/s1. The largest absolute Gasteiger partial charge is 0.496 e. The topological polar surface area (TPSA) is 86.8 Å². The SMILES string of the molecule is CCCCOc1ccc(N2C(=O)[C@@H]3[C@H](ON(c4ccccc4)[C@@H]3c3cc(OC)c(OC)cc3OC)C2=O)cc1. The summed E-state index contributed by atoms with van der Waals surface area (Å²) in [5, 5.41) is 1.62. The summed E-state index contributed by atoms with van der Waals surface area (Å²) < 4.78 is 22.5. The fraction of sp³-hybridized carbons (Fsp3) is 0.333. The molecule has 0 unspecified atom stereocenters. The van der Waals surface area contributed by atoms with Crippen LogP contribution in [0.4, 0.5) is 11.4 Å². The van der Waals surface area contributed by atoms with Gasteiger partial charge in [0.1, 0.15) is 23.5 Å². The summed E-state index contributed by atoms with van der Waals surface area (Å²) in [6, 6.07) is 19.1. The molecule has 3 atom stereocenters. The number of hydrogen-bond acceptors (Lipinski definition) is 8. The van der Waals surface area contributed by atoms with Crippen molar-refractivity contribution < 1.29 is 33.4 Å². The van der Waals surface area contributed by atoms with E-state index in [4.69, 9.17) is 23.8 Å². The van der Waals surface area contributed by atoms with Gasteiger partial charge in [-0.05, 0) is 48.9 Å².